The molecule has 52 heavy (non-hydrogen) atoms. The van der Waals surface area contributed by atoms with Crippen molar-refractivity contribution >= 4 is 56.0 Å². The van der Waals surface area contributed by atoms with Gasteiger partial charge in [-0.05, 0) is 83.1 Å². The summed E-state index contributed by atoms with van der Waals surface area (Å²) in [6, 6.07) is 58.2. The molecule has 0 radical (unpaired) electrons. The fourth-order valence-corrected chi connectivity index (χ4v) is 7.95. The molecule has 9 aromatic rings. The summed E-state index contributed by atoms with van der Waals surface area (Å²) in [7, 11) is 0. The van der Waals surface area contributed by atoms with Gasteiger partial charge in [0.1, 0.15) is 22.5 Å². The zero-order valence-electron chi connectivity index (χ0n) is 28.8. The Kier molecular flexibility index (Phi) is 7.17. The molecule has 0 fully saturated rings. The summed E-state index contributed by atoms with van der Waals surface area (Å²) >= 11 is 0. The third-order valence-electron chi connectivity index (χ3n) is 10.5. The molecule has 0 bridgehead atoms. The van der Waals surface area contributed by atoms with Crippen molar-refractivity contribution in [2.24, 2.45) is 0 Å². The lowest BCUT2D eigenvalue weighted by Crippen LogP contribution is -2.09. The van der Waals surface area contributed by atoms with Crippen molar-refractivity contribution in [3.63, 3.8) is 0 Å². The van der Waals surface area contributed by atoms with Gasteiger partial charge in [-0.2, -0.15) is 0 Å². The van der Waals surface area contributed by atoms with Crippen molar-refractivity contribution in [3.8, 4) is 33.4 Å². The summed E-state index contributed by atoms with van der Waals surface area (Å²) in [5.41, 5.74) is 14.2. The van der Waals surface area contributed by atoms with E-state index in [0.29, 0.717) is 5.92 Å². The standard InChI is InChI=1S/C49H35NO2/c1-32-10-7-19-46-47(32)44-17-9-15-41(49(44)52-46)36-24-30-39(31-25-36)50(37-26-20-34(21-27-37)33-11-3-2-4-12-33)38-28-22-35(23-29-38)40-14-8-16-43-42-13-5-6-18-45(42)51-48(40)43/h2-9,11-32H,10H2,1H3. The Hall–Kier alpha value is -6.58. The number of hydrogen-bond acceptors (Lipinski definition) is 3. The van der Waals surface area contributed by atoms with E-state index in [1.54, 1.807) is 0 Å². The van der Waals surface area contributed by atoms with E-state index in [1.165, 1.54) is 22.1 Å². The number of allylic oxidation sites excluding steroid dienone is 1. The van der Waals surface area contributed by atoms with Crippen LogP contribution in [-0.4, -0.2) is 0 Å². The molecule has 3 heteroatoms. The van der Waals surface area contributed by atoms with E-state index in [4.69, 9.17) is 8.83 Å². The summed E-state index contributed by atoms with van der Waals surface area (Å²) in [6.45, 7) is 2.28. The number of furan rings is 2. The number of rotatable bonds is 6. The molecule has 2 heterocycles. The number of para-hydroxylation sites is 3. The number of benzene rings is 7. The summed E-state index contributed by atoms with van der Waals surface area (Å²) in [4.78, 5) is 2.32. The van der Waals surface area contributed by atoms with Gasteiger partial charge in [0.15, 0.2) is 0 Å². The van der Waals surface area contributed by atoms with Crippen LogP contribution in [0.3, 0.4) is 0 Å². The van der Waals surface area contributed by atoms with Crippen LogP contribution in [0.15, 0.2) is 179 Å². The Morgan fingerprint density at radius 2 is 0.981 bits per heavy atom. The van der Waals surface area contributed by atoms with E-state index in [0.717, 1.165) is 79.0 Å². The Labute approximate surface area is 302 Å². The zero-order valence-corrected chi connectivity index (χ0v) is 28.8. The highest BCUT2D eigenvalue weighted by atomic mass is 16.3. The summed E-state index contributed by atoms with van der Waals surface area (Å²) in [6.07, 6.45) is 5.39. The van der Waals surface area contributed by atoms with Crippen LogP contribution < -0.4 is 4.90 Å². The zero-order chi connectivity index (χ0) is 34.6. The normalized spacial score (nSPS) is 13.9. The molecule has 248 valence electrons. The topological polar surface area (TPSA) is 29.5 Å². The fourth-order valence-electron chi connectivity index (χ4n) is 7.95. The molecule has 0 N–H and O–H groups in total. The summed E-state index contributed by atoms with van der Waals surface area (Å²) in [5.74, 6) is 1.43. The van der Waals surface area contributed by atoms with Crippen LogP contribution in [0.5, 0.6) is 0 Å². The molecule has 0 saturated carbocycles. The number of fused-ring (bicyclic) bond motifs is 6. The van der Waals surface area contributed by atoms with Gasteiger partial charge in [-0.25, -0.2) is 0 Å². The van der Waals surface area contributed by atoms with E-state index >= 15 is 0 Å². The molecule has 1 unspecified atom stereocenters. The number of hydrogen-bond donors (Lipinski definition) is 0. The largest absolute Gasteiger partial charge is 0.456 e. The second-order valence-electron chi connectivity index (χ2n) is 13.7. The third kappa shape index (κ3) is 5.05. The molecule has 1 atom stereocenters. The van der Waals surface area contributed by atoms with Gasteiger partial charge < -0.3 is 13.7 Å². The van der Waals surface area contributed by atoms with Crippen molar-refractivity contribution < 1.29 is 8.83 Å². The summed E-state index contributed by atoms with van der Waals surface area (Å²) in [5, 5.41) is 3.49. The van der Waals surface area contributed by atoms with E-state index < -0.39 is 0 Å². The molecule has 0 amide bonds. The number of nitrogens with zero attached hydrogens (tertiary/aromatic N) is 1. The molecule has 10 rings (SSSR count). The maximum Gasteiger partial charge on any atom is 0.143 e. The molecule has 1 aliphatic carbocycles. The smallest absolute Gasteiger partial charge is 0.143 e. The quantitative estimate of drug-likeness (QED) is 0.176. The van der Waals surface area contributed by atoms with Crippen LogP contribution >= 0.6 is 0 Å². The van der Waals surface area contributed by atoms with Crippen LogP contribution in [0.1, 0.15) is 30.6 Å². The first kappa shape index (κ1) is 30.3. The van der Waals surface area contributed by atoms with Crippen LogP contribution in [-0.2, 0) is 0 Å². The Bertz CT molecular complexity index is 2750. The first-order valence-electron chi connectivity index (χ1n) is 18.0. The third-order valence-corrected chi connectivity index (χ3v) is 10.5. The predicted octanol–water partition coefficient (Wildman–Crippen LogP) is 14.3. The lowest BCUT2D eigenvalue weighted by Gasteiger charge is -2.26. The minimum atomic E-state index is 0.443. The average molecular weight is 670 g/mol. The van der Waals surface area contributed by atoms with Crippen LogP contribution in [0, 0.1) is 0 Å². The second kappa shape index (κ2) is 12.3. The Balaban J connectivity index is 1.05. The second-order valence-corrected chi connectivity index (χ2v) is 13.7. The summed E-state index contributed by atoms with van der Waals surface area (Å²) < 4.78 is 12.9. The lowest BCUT2D eigenvalue weighted by molar-refractivity contribution is 0.587. The lowest BCUT2D eigenvalue weighted by atomic mass is 9.90. The van der Waals surface area contributed by atoms with Crippen LogP contribution in [0.4, 0.5) is 17.1 Å². The first-order chi connectivity index (χ1) is 25.7. The molecular formula is C49H35NO2. The molecule has 0 spiro atoms. The first-order valence-corrected chi connectivity index (χ1v) is 18.0. The molecule has 0 aliphatic heterocycles. The van der Waals surface area contributed by atoms with Gasteiger partial charge in [-0.3, -0.25) is 0 Å². The van der Waals surface area contributed by atoms with Crippen molar-refractivity contribution in [2.75, 3.05) is 4.90 Å². The monoisotopic (exact) mass is 669 g/mol. The van der Waals surface area contributed by atoms with E-state index in [1.807, 2.05) is 12.1 Å². The van der Waals surface area contributed by atoms with E-state index in [-0.39, 0.29) is 0 Å². The Morgan fingerprint density at radius 1 is 0.462 bits per heavy atom. The SMILES string of the molecule is CC1CC=Cc2oc3c(-c4ccc(N(c5ccc(-c6ccccc6)cc5)c5ccc(-c6cccc7c6oc6ccccc67)cc5)cc4)cccc3c21. The van der Waals surface area contributed by atoms with Gasteiger partial charge in [-0.15, -0.1) is 0 Å². The van der Waals surface area contributed by atoms with Crippen molar-refractivity contribution in [2.45, 2.75) is 19.3 Å². The maximum atomic E-state index is 6.50. The predicted molar refractivity (Wildman–Crippen MR) is 217 cm³/mol. The molecule has 7 aromatic carbocycles. The van der Waals surface area contributed by atoms with Crippen molar-refractivity contribution in [1.29, 1.82) is 0 Å². The molecule has 0 saturated heterocycles. The molecule has 1 aliphatic rings. The van der Waals surface area contributed by atoms with Crippen molar-refractivity contribution in [3.05, 3.63) is 181 Å². The van der Waals surface area contributed by atoms with Gasteiger partial charge in [-0.1, -0.05) is 134 Å². The molecular weight excluding hydrogens is 635 g/mol. The molecule has 2 aromatic heterocycles. The average Bonchev–Trinajstić information content (AvgIpc) is 3.79. The van der Waals surface area contributed by atoms with Gasteiger partial charge in [0.05, 0.1) is 0 Å². The van der Waals surface area contributed by atoms with Crippen LogP contribution in [0.2, 0.25) is 0 Å². The highest BCUT2D eigenvalue weighted by Gasteiger charge is 2.23. The minimum Gasteiger partial charge on any atom is -0.456 e. The fraction of sp³-hybridized carbons (Fsp3) is 0.0612. The van der Waals surface area contributed by atoms with Gasteiger partial charge in [0, 0.05) is 49.9 Å². The Morgan fingerprint density at radius 3 is 1.63 bits per heavy atom. The molecule has 3 nitrogen and oxygen atoms in total. The van der Waals surface area contributed by atoms with E-state index in [9.17, 15) is 0 Å². The van der Waals surface area contributed by atoms with Gasteiger partial charge in [0.2, 0.25) is 0 Å². The maximum absolute atomic E-state index is 6.50. The number of anilines is 3. The van der Waals surface area contributed by atoms with Gasteiger partial charge >= 0.3 is 0 Å². The van der Waals surface area contributed by atoms with Gasteiger partial charge in [0.25, 0.3) is 0 Å². The highest BCUT2D eigenvalue weighted by Crippen LogP contribution is 2.43. The van der Waals surface area contributed by atoms with Crippen LogP contribution in [0.25, 0.3) is 72.4 Å². The minimum absolute atomic E-state index is 0.443. The van der Waals surface area contributed by atoms with Crippen molar-refractivity contribution in [1.82, 2.24) is 0 Å². The highest BCUT2D eigenvalue weighted by molar-refractivity contribution is 6.09. The van der Waals surface area contributed by atoms with E-state index in [2.05, 4.69) is 176 Å².